The molecule has 3 rings (SSSR count). The third kappa shape index (κ3) is 3.83. The summed E-state index contributed by atoms with van der Waals surface area (Å²) in [5.41, 5.74) is 2.84. The average molecular weight is 344 g/mol. The second-order valence-corrected chi connectivity index (χ2v) is 6.19. The van der Waals surface area contributed by atoms with Crippen molar-refractivity contribution in [2.75, 3.05) is 0 Å². The molecule has 1 N–H and O–H groups in total. The SMILES string of the molecule is Cc1csc(-c2ccc(CNC(=O)c3cc(F)cc(F)c3)cc2)n1. The topological polar surface area (TPSA) is 42.0 Å². The molecule has 24 heavy (non-hydrogen) atoms. The number of aromatic nitrogens is 1. The molecule has 3 nitrogen and oxygen atoms in total. The number of aryl methyl sites for hydroxylation is 1. The van der Waals surface area contributed by atoms with Gasteiger partial charge in [0.15, 0.2) is 0 Å². The number of hydrogen-bond acceptors (Lipinski definition) is 3. The van der Waals surface area contributed by atoms with Crippen LogP contribution in [0.4, 0.5) is 8.78 Å². The zero-order chi connectivity index (χ0) is 17.1. The van der Waals surface area contributed by atoms with E-state index >= 15 is 0 Å². The van der Waals surface area contributed by atoms with Crippen LogP contribution in [0.15, 0.2) is 47.8 Å². The molecule has 0 radical (unpaired) electrons. The fourth-order valence-corrected chi connectivity index (χ4v) is 3.02. The molecule has 1 amide bonds. The standard InChI is InChI=1S/C18H14F2N2OS/c1-11-10-24-18(22-11)13-4-2-12(3-5-13)9-21-17(23)14-6-15(19)8-16(20)7-14/h2-8,10H,9H2,1H3,(H,21,23). The molecular formula is C18H14F2N2OS. The Morgan fingerprint density at radius 3 is 2.38 bits per heavy atom. The molecule has 2 aromatic carbocycles. The predicted octanol–water partition coefficient (Wildman–Crippen LogP) is 4.33. The lowest BCUT2D eigenvalue weighted by Crippen LogP contribution is -2.23. The van der Waals surface area contributed by atoms with Crippen LogP contribution in [0.3, 0.4) is 0 Å². The number of benzene rings is 2. The summed E-state index contributed by atoms with van der Waals surface area (Å²) in [6, 6.07) is 10.4. The zero-order valence-electron chi connectivity index (χ0n) is 12.8. The van der Waals surface area contributed by atoms with Crippen LogP contribution in [0.1, 0.15) is 21.6 Å². The maximum absolute atomic E-state index is 13.1. The quantitative estimate of drug-likeness (QED) is 0.765. The summed E-state index contributed by atoms with van der Waals surface area (Å²) in [6.45, 7) is 2.22. The number of nitrogens with one attached hydrogen (secondary N) is 1. The highest BCUT2D eigenvalue weighted by Crippen LogP contribution is 2.23. The summed E-state index contributed by atoms with van der Waals surface area (Å²) < 4.78 is 26.3. The molecule has 0 unspecified atom stereocenters. The average Bonchev–Trinajstić information content (AvgIpc) is 2.98. The lowest BCUT2D eigenvalue weighted by Gasteiger charge is -2.06. The molecule has 3 aromatic rings. The summed E-state index contributed by atoms with van der Waals surface area (Å²) in [5.74, 6) is -2.07. The van der Waals surface area contributed by atoms with Gasteiger partial charge in [-0.3, -0.25) is 4.79 Å². The minimum atomic E-state index is -0.775. The Kier molecular flexibility index (Phi) is 4.66. The van der Waals surface area contributed by atoms with Crippen molar-refractivity contribution in [1.29, 1.82) is 0 Å². The fourth-order valence-electron chi connectivity index (χ4n) is 2.22. The van der Waals surface area contributed by atoms with Crippen molar-refractivity contribution in [3.63, 3.8) is 0 Å². The van der Waals surface area contributed by atoms with Crippen LogP contribution in [0.25, 0.3) is 10.6 Å². The van der Waals surface area contributed by atoms with Gasteiger partial charge in [0.1, 0.15) is 16.6 Å². The minimum Gasteiger partial charge on any atom is -0.348 e. The highest BCUT2D eigenvalue weighted by Gasteiger charge is 2.09. The number of rotatable bonds is 4. The van der Waals surface area contributed by atoms with E-state index in [4.69, 9.17) is 0 Å². The Labute approximate surface area is 142 Å². The third-order valence-corrected chi connectivity index (χ3v) is 4.41. The summed E-state index contributed by atoms with van der Waals surface area (Å²) in [7, 11) is 0. The molecule has 0 saturated heterocycles. The first-order chi connectivity index (χ1) is 11.5. The van der Waals surface area contributed by atoms with Crippen molar-refractivity contribution in [1.82, 2.24) is 10.3 Å². The highest BCUT2D eigenvalue weighted by molar-refractivity contribution is 7.13. The summed E-state index contributed by atoms with van der Waals surface area (Å²) in [6.07, 6.45) is 0. The van der Waals surface area contributed by atoms with Gasteiger partial charge in [-0.1, -0.05) is 24.3 Å². The van der Waals surface area contributed by atoms with E-state index in [2.05, 4.69) is 10.3 Å². The molecule has 0 fully saturated rings. The number of thiazole rings is 1. The largest absolute Gasteiger partial charge is 0.348 e. The van der Waals surface area contributed by atoms with Gasteiger partial charge in [-0.2, -0.15) is 0 Å². The minimum absolute atomic E-state index is 0.0395. The van der Waals surface area contributed by atoms with Crippen LogP contribution in [0.2, 0.25) is 0 Å². The van der Waals surface area contributed by atoms with Crippen LogP contribution in [0.5, 0.6) is 0 Å². The summed E-state index contributed by atoms with van der Waals surface area (Å²) in [4.78, 5) is 16.4. The Morgan fingerprint density at radius 1 is 1.12 bits per heavy atom. The molecule has 1 aromatic heterocycles. The molecule has 0 aliphatic heterocycles. The zero-order valence-corrected chi connectivity index (χ0v) is 13.7. The fraction of sp³-hybridized carbons (Fsp3) is 0.111. The van der Waals surface area contributed by atoms with E-state index < -0.39 is 17.5 Å². The summed E-state index contributed by atoms with van der Waals surface area (Å²) >= 11 is 1.57. The van der Waals surface area contributed by atoms with Crippen molar-refractivity contribution in [2.24, 2.45) is 0 Å². The van der Waals surface area contributed by atoms with Gasteiger partial charge in [0, 0.05) is 34.8 Å². The number of amides is 1. The van der Waals surface area contributed by atoms with Gasteiger partial charge in [0.25, 0.3) is 5.91 Å². The molecule has 0 bridgehead atoms. The van der Waals surface area contributed by atoms with E-state index in [1.165, 1.54) is 0 Å². The van der Waals surface area contributed by atoms with Crippen molar-refractivity contribution in [2.45, 2.75) is 13.5 Å². The van der Waals surface area contributed by atoms with Gasteiger partial charge < -0.3 is 5.32 Å². The molecule has 122 valence electrons. The Morgan fingerprint density at radius 2 is 1.79 bits per heavy atom. The Bertz CT molecular complexity index is 855. The predicted molar refractivity (Wildman–Crippen MR) is 89.8 cm³/mol. The monoisotopic (exact) mass is 344 g/mol. The Hall–Kier alpha value is -2.60. The van der Waals surface area contributed by atoms with E-state index in [1.54, 1.807) is 11.3 Å². The smallest absolute Gasteiger partial charge is 0.251 e. The molecule has 0 atom stereocenters. The van der Waals surface area contributed by atoms with Crippen LogP contribution in [-0.2, 0) is 6.54 Å². The van der Waals surface area contributed by atoms with Gasteiger partial charge in [0.2, 0.25) is 0 Å². The second-order valence-electron chi connectivity index (χ2n) is 5.33. The van der Waals surface area contributed by atoms with E-state index in [1.807, 2.05) is 36.6 Å². The summed E-state index contributed by atoms with van der Waals surface area (Å²) in [5, 5.41) is 5.58. The molecule has 0 aliphatic carbocycles. The van der Waals surface area contributed by atoms with E-state index in [0.717, 1.165) is 40.0 Å². The maximum Gasteiger partial charge on any atom is 0.251 e. The lowest BCUT2D eigenvalue weighted by molar-refractivity contribution is 0.0950. The molecule has 0 saturated carbocycles. The van der Waals surface area contributed by atoms with Crippen LogP contribution in [-0.4, -0.2) is 10.9 Å². The normalized spacial score (nSPS) is 10.6. The van der Waals surface area contributed by atoms with Crippen LogP contribution < -0.4 is 5.32 Å². The number of carbonyl (C=O) groups is 1. The first kappa shape index (κ1) is 16.3. The first-order valence-corrected chi connectivity index (χ1v) is 8.15. The van der Waals surface area contributed by atoms with Gasteiger partial charge in [-0.05, 0) is 24.6 Å². The van der Waals surface area contributed by atoms with Crippen molar-refractivity contribution >= 4 is 17.2 Å². The van der Waals surface area contributed by atoms with E-state index in [9.17, 15) is 13.6 Å². The molecule has 6 heteroatoms. The highest BCUT2D eigenvalue weighted by atomic mass is 32.1. The van der Waals surface area contributed by atoms with Gasteiger partial charge in [0.05, 0.1) is 0 Å². The number of halogens is 2. The number of nitrogens with zero attached hydrogens (tertiary/aromatic N) is 1. The number of hydrogen-bond donors (Lipinski definition) is 1. The first-order valence-electron chi connectivity index (χ1n) is 7.27. The third-order valence-electron chi connectivity index (χ3n) is 3.40. The van der Waals surface area contributed by atoms with Crippen LogP contribution >= 0.6 is 11.3 Å². The lowest BCUT2D eigenvalue weighted by atomic mass is 10.1. The van der Waals surface area contributed by atoms with Gasteiger partial charge >= 0.3 is 0 Å². The van der Waals surface area contributed by atoms with E-state index in [0.29, 0.717) is 0 Å². The van der Waals surface area contributed by atoms with Crippen LogP contribution in [0, 0.1) is 18.6 Å². The van der Waals surface area contributed by atoms with Crippen molar-refractivity contribution in [3.05, 3.63) is 76.3 Å². The molecule has 1 heterocycles. The second kappa shape index (κ2) is 6.88. The van der Waals surface area contributed by atoms with Gasteiger partial charge in [-0.25, -0.2) is 13.8 Å². The molecule has 0 aliphatic rings. The van der Waals surface area contributed by atoms with E-state index in [-0.39, 0.29) is 12.1 Å². The van der Waals surface area contributed by atoms with Crippen molar-refractivity contribution in [3.8, 4) is 10.6 Å². The Balaban J connectivity index is 1.65. The maximum atomic E-state index is 13.1. The number of carbonyl (C=O) groups excluding carboxylic acids is 1. The van der Waals surface area contributed by atoms with Gasteiger partial charge in [-0.15, -0.1) is 11.3 Å². The molecular weight excluding hydrogens is 330 g/mol. The van der Waals surface area contributed by atoms with Crippen molar-refractivity contribution < 1.29 is 13.6 Å². The molecule has 0 spiro atoms.